The van der Waals surface area contributed by atoms with Crippen molar-refractivity contribution in [2.24, 2.45) is 0 Å². The number of pyridine rings is 1. The average molecular weight is 479 g/mol. The Hall–Kier alpha value is -4.05. The van der Waals surface area contributed by atoms with E-state index >= 15 is 0 Å². The van der Waals surface area contributed by atoms with Crippen molar-refractivity contribution < 1.29 is 23.9 Å². The van der Waals surface area contributed by atoms with Crippen LogP contribution in [0.25, 0.3) is 0 Å². The normalized spacial score (nSPS) is 11.6. The molecule has 3 N–H and O–H groups in total. The molecule has 0 radical (unpaired) electrons. The SMILES string of the molecule is CNC(=O)c1ccc(NC(=O)c2cccnc2SCC(=O)Nc2ccc3c(c2)OCO3)c(C)c1. The molecule has 1 aliphatic heterocycles. The van der Waals surface area contributed by atoms with E-state index in [4.69, 9.17) is 9.47 Å². The van der Waals surface area contributed by atoms with E-state index in [0.717, 1.165) is 17.3 Å². The fraction of sp³-hybridized carbons (Fsp3) is 0.167. The fourth-order valence-electron chi connectivity index (χ4n) is 3.26. The number of fused-ring (bicyclic) bond motifs is 1. The van der Waals surface area contributed by atoms with E-state index < -0.39 is 0 Å². The fourth-order valence-corrected chi connectivity index (χ4v) is 4.05. The molecule has 2 heterocycles. The number of carbonyl (C=O) groups excluding carboxylic acids is 3. The molecule has 1 aromatic heterocycles. The van der Waals surface area contributed by atoms with Gasteiger partial charge in [0.15, 0.2) is 11.5 Å². The molecule has 34 heavy (non-hydrogen) atoms. The van der Waals surface area contributed by atoms with Gasteiger partial charge in [0.1, 0.15) is 5.03 Å². The van der Waals surface area contributed by atoms with Gasteiger partial charge in [-0.1, -0.05) is 11.8 Å². The summed E-state index contributed by atoms with van der Waals surface area (Å²) in [6.45, 7) is 1.96. The predicted molar refractivity (Wildman–Crippen MR) is 129 cm³/mol. The minimum atomic E-state index is -0.359. The van der Waals surface area contributed by atoms with E-state index in [1.807, 2.05) is 0 Å². The minimum Gasteiger partial charge on any atom is -0.454 e. The summed E-state index contributed by atoms with van der Waals surface area (Å²) in [5, 5.41) is 8.65. The molecule has 0 unspecified atom stereocenters. The van der Waals surface area contributed by atoms with Crippen LogP contribution >= 0.6 is 11.8 Å². The molecule has 10 heteroatoms. The minimum absolute atomic E-state index is 0.0611. The van der Waals surface area contributed by atoms with Crippen LogP contribution in [0.3, 0.4) is 0 Å². The third-order valence-corrected chi connectivity index (χ3v) is 5.98. The lowest BCUT2D eigenvalue weighted by molar-refractivity contribution is -0.113. The van der Waals surface area contributed by atoms with Gasteiger partial charge in [0.25, 0.3) is 11.8 Å². The number of nitrogens with one attached hydrogen (secondary N) is 3. The van der Waals surface area contributed by atoms with Crippen LogP contribution in [0.15, 0.2) is 59.8 Å². The summed E-state index contributed by atoms with van der Waals surface area (Å²) in [6.07, 6.45) is 1.57. The van der Waals surface area contributed by atoms with Gasteiger partial charge in [0, 0.05) is 36.2 Å². The molecule has 0 fully saturated rings. The van der Waals surface area contributed by atoms with Crippen LogP contribution in [0.4, 0.5) is 11.4 Å². The van der Waals surface area contributed by atoms with Crippen molar-refractivity contribution >= 4 is 40.9 Å². The summed E-state index contributed by atoms with van der Waals surface area (Å²) in [7, 11) is 1.56. The molecule has 0 saturated carbocycles. The van der Waals surface area contributed by atoms with Crippen molar-refractivity contribution in [1.29, 1.82) is 0 Å². The molecule has 174 valence electrons. The molecular formula is C24H22N4O5S. The number of anilines is 2. The van der Waals surface area contributed by atoms with Gasteiger partial charge in [0.05, 0.1) is 11.3 Å². The van der Waals surface area contributed by atoms with Crippen LogP contribution in [0.5, 0.6) is 11.5 Å². The van der Waals surface area contributed by atoms with Gasteiger partial charge in [0.2, 0.25) is 12.7 Å². The van der Waals surface area contributed by atoms with Crippen LogP contribution in [0.2, 0.25) is 0 Å². The number of hydrogen-bond acceptors (Lipinski definition) is 7. The van der Waals surface area contributed by atoms with Crippen molar-refractivity contribution in [2.75, 3.05) is 30.2 Å². The summed E-state index contributed by atoms with van der Waals surface area (Å²) < 4.78 is 10.6. The molecule has 0 bridgehead atoms. The van der Waals surface area contributed by atoms with Gasteiger partial charge < -0.3 is 25.4 Å². The van der Waals surface area contributed by atoms with Crippen LogP contribution in [0.1, 0.15) is 26.3 Å². The number of nitrogens with zero attached hydrogens (tertiary/aromatic N) is 1. The summed E-state index contributed by atoms with van der Waals surface area (Å²) in [5.41, 5.74) is 2.76. The van der Waals surface area contributed by atoms with E-state index in [2.05, 4.69) is 20.9 Å². The Morgan fingerprint density at radius 1 is 1.00 bits per heavy atom. The number of benzene rings is 2. The number of carbonyl (C=O) groups is 3. The zero-order valence-corrected chi connectivity index (χ0v) is 19.3. The lowest BCUT2D eigenvalue weighted by Crippen LogP contribution is -2.19. The lowest BCUT2D eigenvalue weighted by Gasteiger charge is -2.12. The third-order valence-electron chi connectivity index (χ3n) is 4.98. The molecule has 3 aromatic rings. The molecular weight excluding hydrogens is 456 g/mol. The number of ether oxygens (including phenoxy) is 2. The van der Waals surface area contributed by atoms with Crippen molar-refractivity contribution in [3.05, 3.63) is 71.4 Å². The maximum atomic E-state index is 12.9. The number of thioether (sulfide) groups is 1. The molecule has 9 nitrogen and oxygen atoms in total. The standard InChI is InChI=1S/C24H22N4O5S/c1-14-10-15(22(30)25-2)5-7-18(14)28-23(31)17-4-3-9-26-24(17)34-12-21(29)27-16-6-8-19-20(11-16)33-13-32-19/h3-11H,12-13H2,1-2H3,(H,25,30)(H,27,29)(H,28,31). The molecule has 1 aliphatic rings. The number of aryl methyl sites for hydroxylation is 1. The van der Waals surface area contributed by atoms with Gasteiger partial charge in [-0.15, -0.1) is 0 Å². The van der Waals surface area contributed by atoms with Gasteiger partial charge in [-0.2, -0.15) is 0 Å². The molecule has 4 rings (SSSR count). The Morgan fingerprint density at radius 2 is 1.82 bits per heavy atom. The summed E-state index contributed by atoms with van der Waals surface area (Å²) in [5.74, 6) is 0.462. The summed E-state index contributed by atoms with van der Waals surface area (Å²) in [6, 6.07) is 13.5. The van der Waals surface area contributed by atoms with Crippen LogP contribution in [0, 0.1) is 6.92 Å². The summed E-state index contributed by atoms with van der Waals surface area (Å²) in [4.78, 5) is 41.5. The second kappa shape index (κ2) is 10.3. The van der Waals surface area contributed by atoms with Crippen LogP contribution in [-0.2, 0) is 4.79 Å². The first-order chi connectivity index (χ1) is 16.4. The highest BCUT2D eigenvalue weighted by Crippen LogP contribution is 2.34. The molecule has 2 aromatic carbocycles. The molecule has 0 spiro atoms. The lowest BCUT2D eigenvalue weighted by atomic mass is 10.1. The third kappa shape index (κ3) is 5.29. The van der Waals surface area contributed by atoms with Gasteiger partial charge in [-0.3, -0.25) is 14.4 Å². The molecule has 0 atom stereocenters. The Bertz CT molecular complexity index is 1260. The molecule has 0 saturated heterocycles. The monoisotopic (exact) mass is 478 g/mol. The van der Waals surface area contributed by atoms with Gasteiger partial charge in [-0.25, -0.2) is 4.98 Å². The topological polar surface area (TPSA) is 119 Å². The first-order valence-electron chi connectivity index (χ1n) is 10.4. The highest BCUT2D eigenvalue weighted by molar-refractivity contribution is 8.00. The van der Waals surface area contributed by atoms with Crippen molar-refractivity contribution in [1.82, 2.24) is 10.3 Å². The quantitative estimate of drug-likeness (QED) is 0.445. The number of hydrogen-bond donors (Lipinski definition) is 3. The number of aromatic nitrogens is 1. The van der Waals surface area contributed by atoms with E-state index in [0.29, 0.717) is 39.0 Å². The van der Waals surface area contributed by atoms with E-state index in [1.54, 1.807) is 68.7 Å². The number of rotatable bonds is 7. The van der Waals surface area contributed by atoms with E-state index in [-0.39, 0.29) is 30.3 Å². The maximum absolute atomic E-state index is 12.9. The first kappa shape index (κ1) is 23.1. The van der Waals surface area contributed by atoms with E-state index in [1.165, 1.54) is 0 Å². The number of amides is 3. The second-order valence-corrected chi connectivity index (χ2v) is 8.29. The highest BCUT2D eigenvalue weighted by atomic mass is 32.2. The summed E-state index contributed by atoms with van der Waals surface area (Å²) >= 11 is 1.16. The van der Waals surface area contributed by atoms with Crippen molar-refractivity contribution in [3.8, 4) is 11.5 Å². The zero-order chi connectivity index (χ0) is 24.1. The Kier molecular flexibility index (Phi) is 6.98. The maximum Gasteiger partial charge on any atom is 0.258 e. The average Bonchev–Trinajstić information content (AvgIpc) is 3.31. The van der Waals surface area contributed by atoms with Crippen LogP contribution < -0.4 is 25.4 Å². The van der Waals surface area contributed by atoms with Gasteiger partial charge in [-0.05, 0) is 55.0 Å². The van der Waals surface area contributed by atoms with Gasteiger partial charge >= 0.3 is 0 Å². The highest BCUT2D eigenvalue weighted by Gasteiger charge is 2.17. The Balaban J connectivity index is 1.40. The zero-order valence-electron chi connectivity index (χ0n) is 18.5. The largest absolute Gasteiger partial charge is 0.454 e. The Morgan fingerprint density at radius 3 is 2.62 bits per heavy atom. The Labute approximate surface area is 200 Å². The second-order valence-electron chi connectivity index (χ2n) is 7.32. The molecule has 3 amide bonds. The van der Waals surface area contributed by atoms with Crippen LogP contribution in [-0.4, -0.2) is 42.3 Å². The van der Waals surface area contributed by atoms with E-state index in [9.17, 15) is 14.4 Å². The van der Waals surface area contributed by atoms with Crippen molar-refractivity contribution in [2.45, 2.75) is 11.9 Å². The molecule has 0 aliphatic carbocycles. The first-order valence-corrected chi connectivity index (χ1v) is 11.3. The predicted octanol–water partition coefficient (Wildman–Crippen LogP) is 3.46. The smallest absolute Gasteiger partial charge is 0.258 e. The van der Waals surface area contributed by atoms with Crippen molar-refractivity contribution in [3.63, 3.8) is 0 Å².